The maximum atomic E-state index is 11.9. The van der Waals surface area contributed by atoms with Gasteiger partial charge in [-0.1, -0.05) is 18.2 Å². The Morgan fingerprint density at radius 3 is 2.70 bits per heavy atom. The van der Waals surface area contributed by atoms with Crippen LogP contribution in [0, 0.1) is 11.3 Å². The first-order valence-corrected chi connectivity index (χ1v) is 7.07. The second-order valence-corrected chi connectivity index (χ2v) is 5.44. The molecule has 2 rings (SSSR count). The number of hydrogen-bond donors (Lipinski definition) is 1. The summed E-state index contributed by atoms with van der Waals surface area (Å²) in [5.41, 5.74) is 1.62. The molecule has 2 aromatic rings. The fraction of sp³-hybridized carbons (Fsp3) is 0.200. The summed E-state index contributed by atoms with van der Waals surface area (Å²) >= 11 is 1.62. The Kier molecular flexibility index (Phi) is 4.75. The average molecular weight is 285 g/mol. The minimum absolute atomic E-state index is 0.109. The van der Waals surface area contributed by atoms with Crippen molar-refractivity contribution in [2.45, 2.75) is 13.1 Å². The smallest absolute Gasteiger partial charge is 0.317 e. The van der Waals surface area contributed by atoms with Crippen molar-refractivity contribution >= 4 is 17.4 Å². The Morgan fingerprint density at radius 1 is 1.35 bits per heavy atom. The first-order chi connectivity index (χ1) is 9.69. The van der Waals surface area contributed by atoms with Crippen LogP contribution in [-0.2, 0) is 13.1 Å². The van der Waals surface area contributed by atoms with E-state index >= 15 is 0 Å². The highest BCUT2D eigenvalue weighted by Gasteiger charge is 2.08. The van der Waals surface area contributed by atoms with Crippen molar-refractivity contribution in [2.24, 2.45) is 0 Å². The molecule has 0 aliphatic carbocycles. The van der Waals surface area contributed by atoms with Crippen molar-refractivity contribution in [2.75, 3.05) is 7.05 Å². The molecular weight excluding hydrogens is 270 g/mol. The number of carbonyl (C=O) groups excluding carboxylic acids is 1. The lowest BCUT2D eigenvalue weighted by Gasteiger charge is -2.17. The third-order valence-corrected chi connectivity index (χ3v) is 3.72. The van der Waals surface area contributed by atoms with E-state index in [2.05, 4.69) is 11.4 Å². The number of rotatable bonds is 4. The molecule has 0 saturated heterocycles. The topological polar surface area (TPSA) is 56.1 Å². The predicted octanol–water partition coefficient (Wildman–Crippen LogP) is 2.96. The first-order valence-electron chi connectivity index (χ1n) is 6.19. The van der Waals surface area contributed by atoms with Crippen LogP contribution in [0.3, 0.4) is 0 Å². The van der Waals surface area contributed by atoms with Crippen LogP contribution < -0.4 is 5.32 Å². The lowest BCUT2D eigenvalue weighted by molar-refractivity contribution is 0.206. The Hall–Kier alpha value is -2.32. The lowest BCUT2D eigenvalue weighted by atomic mass is 10.1. The van der Waals surface area contributed by atoms with E-state index in [9.17, 15) is 4.79 Å². The normalized spacial score (nSPS) is 9.80. The number of nitrogens with zero attached hydrogens (tertiary/aromatic N) is 2. The fourth-order valence-corrected chi connectivity index (χ4v) is 2.39. The largest absolute Gasteiger partial charge is 0.333 e. The van der Waals surface area contributed by atoms with E-state index in [4.69, 9.17) is 5.26 Å². The van der Waals surface area contributed by atoms with Gasteiger partial charge in [-0.05, 0) is 29.1 Å². The Labute approximate surface area is 122 Å². The molecule has 0 saturated carbocycles. The van der Waals surface area contributed by atoms with Crippen LogP contribution in [0.25, 0.3) is 0 Å². The third-order valence-electron chi connectivity index (χ3n) is 2.84. The van der Waals surface area contributed by atoms with Crippen LogP contribution in [0.5, 0.6) is 0 Å². The fourth-order valence-electron chi connectivity index (χ4n) is 1.74. The predicted molar refractivity (Wildman–Crippen MR) is 79.2 cm³/mol. The van der Waals surface area contributed by atoms with E-state index in [0.29, 0.717) is 18.7 Å². The number of nitrogens with one attached hydrogen (secondary N) is 1. The second-order valence-electron chi connectivity index (χ2n) is 4.40. The standard InChI is InChI=1S/C15H15N3OS/c1-18(11-13-6-4-12(9-16)5-7-13)15(19)17-10-14-3-2-8-20-14/h2-8H,10-11H2,1H3,(H,17,19). The van der Waals surface area contributed by atoms with Crippen molar-refractivity contribution < 1.29 is 4.79 Å². The summed E-state index contributed by atoms with van der Waals surface area (Å²) in [7, 11) is 1.75. The number of benzene rings is 1. The maximum Gasteiger partial charge on any atom is 0.317 e. The average Bonchev–Trinajstić information content (AvgIpc) is 2.98. The van der Waals surface area contributed by atoms with E-state index in [1.807, 2.05) is 29.6 Å². The third kappa shape index (κ3) is 3.84. The number of carbonyl (C=O) groups is 1. The van der Waals surface area contributed by atoms with Crippen molar-refractivity contribution in [1.82, 2.24) is 10.2 Å². The highest BCUT2D eigenvalue weighted by Crippen LogP contribution is 2.09. The molecule has 20 heavy (non-hydrogen) atoms. The highest BCUT2D eigenvalue weighted by molar-refractivity contribution is 7.09. The molecule has 1 heterocycles. The van der Waals surface area contributed by atoms with Crippen molar-refractivity contribution in [3.05, 3.63) is 57.8 Å². The summed E-state index contributed by atoms with van der Waals surface area (Å²) in [5.74, 6) is 0. The SMILES string of the molecule is CN(Cc1ccc(C#N)cc1)C(=O)NCc1cccs1. The van der Waals surface area contributed by atoms with Gasteiger partial charge in [-0.25, -0.2) is 4.79 Å². The summed E-state index contributed by atoms with van der Waals surface area (Å²) in [4.78, 5) is 14.7. The van der Waals surface area contributed by atoms with Gasteiger partial charge in [0, 0.05) is 18.5 Å². The summed E-state index contributed by atoms with van der Waals surface area (Å²) in [6.45, 7) is 1.07. The zero-order valence-corrected chi connectivity index (χ0v) is 12.0. The summed E-state index contributed by atoms with van der Waals surface area (Å²) in [5, 5.41) is 13.6. The molecular formula is C15H15N3OS. The molecule has 0 fully saturated rings. The Balaban J connectivity index is 1.85. The molecule has 2 amide bonds. The maximum absolute atomic E-state index is 11.9. The molecule has 4 nitrogen and oxygen atoms in total. The number of nitriles is 1. The monoisotopic (exact) mass is 285 g/mol. The minimum atomic E-state index is -0.109. The van der Waals surface area contributed by atoms with Crippen molar-refractivity contribution in [3.8, 4) is 6.07 Å². The van der Waals surface area contributed by atoms with Gasteiger partial charge >= 0.3 is 6.03 Å². The first kappa shape index (κ1) is 14.1. The molecule has 0 unspecified atom stereocenters. The summed E-state index contributed by atoms with van der Waals surface area (Å²) in [6, 6.07) is 13.2. The van der Waals surface area contributed by atoms with E-state index in [1.54, 1.807) is 35.4 Å². The molecule has 5 heteroatoms. The molecule has 0 spiro atoms. The number of urea groups is 1. The van der Waals surface area contributed by atoms with Gasteiger partial charge in [0.25, 0.3) is 0 Å². The van der Waals surface area contributed by atoms with Gasteiger partial charge in [0.2, 0.25) is 0 Å². The van der Waals surface area contributed by atoms with Gasteiger partial charge in [-0.2, -0.15) is 5.26 Å². The Morgan fingerprint density at radius 2 is 2.10 bits per heavy atom. The van der Waals surface area contributed by atoms with Gasteiger partial charge in [0.15, 0.2) is 0 Å². The van der Waals surface area contributed by atoms with E-state index in [0.717, 1.165) is 10.4 Å². The van der Waals surface area contributed by atoms with Gasteiger partial charge in [-0.3, -0.25) is 0 Å². The van der Waals surface area contributed by atoms with Crippen LogP contribution in [0.15, 0.2) is 41.8 Å². The van der Waals surface area contributed by atoms with Crippen LogP contribution in [0.4, 0.5) is 4.79 Å². The van der Waals surface area contributed by atoms with Gasteiger partial charge in [0.05, 0.1) is 18.2 Å². The van der Waals surface area contributed by atoms with Crippen LogP contribution in [-0.4, -0.2) is 18.0 Å². The summed E-state index contributed by atoms with van der Waals surface area (Å²) in [6.07, 6.45) is 0. The molecule has 0 bridgehead atoms. The molecule has 1 aromatic carbocycles. The molecule has 1 aromatic heterocycles. The molecule has 0 aliphatic heterocycles. The van der Waals surface area contributed by atoms with Crippen LogP contribution in [0.2, 0.25) is 0 Å². The van der Waals surface area contributed by atoms with Crippen molar-refractivity contribution in [1.29, 1.82) is 5.26 Å². The zero-order chi connectivity index (χ0) is 14.4. The lowest BCUT2D eigenvalue weighted by Crippen LogP contribution is -2.36. The molecule has 102 valence electrons. The van der Waals surface area contributed by atoms with E-state index in [1.165, 1.54) is 0 Å². The van der Waals surface area contributed by atoms with Gasteiger partial charge < -0.3 is 10.2 Å². The number of amides is 2. The van der Waals surface area contributed by atoms with E-state index in [-0.39, 0.29) is 6.03 Å². The molecule has 1 N–H and O–H groups in total. The van der Waals surface area contributed by atoms with E-state index < -0.39 is 0 Å². The molecule has 0 radical (unpaired) electrons. The minimum Gasteiger partial charge on any atom is -0.333 e. The number of thiophene rings is 1. The molecule has 0 atom stereocenters. The van der Waals surface area contributed by atoms with Crippen LogP contribution >= 0.6 is 11.3 Å². The van der Waals surface area contributed by atoms with Crippen LogP contribution in [0.1, 0.15) is 16.0 Å². The van der Waals surface area contributed by atoms with Crippen molar-refractivity contribution in [3.63, 3.8) is 0 Å². The highest BCUT2D eigenvalue weighted by atomic mass is 32.1. The summed E-state index contributed by atoms with van der Waals surface area (Å²) < 4.78 is 0. The van der Waals surface area contributed by atoms with Gasteiger partial charge in [-0.15, -0.1) is 11.3 Å². The quantitative estimate of drug-likeness (QED) is 0.939. The molecule has 0 aliphatic rings. The van der Waals surface area contributed by atoms with Gasteiger partial charge in [0.1, 0.15) is 0 Å². The number of hydrogen-bond acceptors (Lipinski definition) is 3. The zero-order valence-electron chi connectivity index (χ0n) is 11.2. The Bertz CT molecular complexity index is 599. The second kappa shape index (κ2) is 6.73.